The first-order chi connectivity index (χ1) is 17.3. The van der Waals surface area contributed by atoms with Crippen LogP contribution in [-0.2, 0) is 5.72 Å². The summed E-state index contributed by atoms with van der Waals surface area (Å²) in [6.45, 7) is 1.72. The first-order valence-electron chi connectivity index (χ1n) is 11.2. The molecule has 4 N–H and O–H groups in total. The van der Waals surface area contributed by atoms with E-state index in [1.54, 1.807) is 36.4 Å². The smallest absolute Gasteiger partial charge is 0.231 e. The SMILES string of the molecule is COc1cc(NC(O)(C(=O)c2c[nH]c3cc(F)ccc23)c2ccc(C)cc2OC)cc(OCCO)c1. The van der Waals surface area contributed by atoms with E-state index in [1.807, 2.05) is 6.92 Å². The summed E-state index contributed by atoms with van der Waals surface area (Å²) in [5.41, 5.74) is -0.373. The number of fused-ring (bicyclic) bond motifs is 1. The number of methoxy groups -OCH3 is 2. The molecule has 0 aliphatic rings. The number of rotatable bonds is 10. The van der Waals surface area contributed by atoms with Crippen LogP contribution in [0.4, 0.5) is 10.1 Å². The molecule has 0 aliphatic heterocycles. The van der Waals surface area contributed by atoms with Gasteiger partial charge in [0.25, 0.3) is 0 Å². The van der Waals surface area contributed by atoms with E-state index in [0.717, 1.165) is 5.56 Å². The van der Waals surface area contributed by atoms with Gasteiger partial charge in [-0.15, -0.1) is 0 Å². The van der Waals surface area contributed by atoms with E-state index >= 15 is 0 Å². The maximum absolute atomic E-state index is 14.0. The van der Waals surface area contributed by atoms with Crippen molar-refractivity contribution in [3.8, 4) is 17.2 Å². The van der Waals surface area contributed by atoms with Gasteiger partial charge in [-0.1, -0.05) is 6.07 Å². The highest BCUT2D eigenvalue weighted by molar-refractivity contribution is 6.13. The minimum absolute atomic E-state index is 0.0491. The third-order valence-corrected chi connectivity index (χ3v) is 5.76. The van der Waals surface area contributed by atoms with Crippen molar-refractivity contribution in [3.05, 3.63) is 83.3 Å². The molecule has 4 aromatic rings. The number of hydrogen-bond donors (Lipinski definition) is 4. The van der Waals surface area contributed by atoms with Gasteiger partial charge in [0.15, 0.2) is 0 Å². The Morgan fingerprint density at radius 1 is 1.06 bits per heavy atom. The second-order valence-electron chi connectivity index (χ2n) is 8.23. The molecule has 1 atom stereocenters. The molecule has 1 unspecified atom stereocenters. The molecule has 8 nitrogen and oxygen atoms in total. The fourth-order valence-corrected chi connectivity index (χ4v) is 4.04. The van der Waals surface area contributed by atoms with Gasteiger partial charge in [-0.3, -0.25) is 4.79 Å². The zero-order valence-electron chi connectivity index (χ0n) is 20.1. The van der Waals surface area contributed by atoms with Gasteiger partial charge in [0, 0.05) is 46.5 Å². The predicted octanol–water partition coefficient (Wildman–Crippen LogP) is 4.14. The van der Waals surface area contributed by atoms with E-state index in [4.69, 9.17) is 19.3 Å². The van der Waals surface area contributed by atoms with E-state index in [1.165, 1.54) is 38.6 Å². The monoisotopic (exact) mass is 494 g/mol. The van der Waals surface area contributed by atoms with Crippen LogP contribution in [0.2, 0.25) is 0 Å². The quantitative estimate of drug-likeness (QED) is 0.194. The molecule has 0 aliphatic carbocycles. The Morgan fingerprint density at radius 3 is 2.56 bits per heavy atom. The largest absolute Gasteiger partial charge is 0.497 e. The summed E-state index contributed by atoms with van der Waals surface area (Å²) in [6, 6.07) is 13.9. The van der Waals surface area contributed by atoms with E-state index in [0.29, 0.717) is 33.8 Å². The number of aryl methyl sites for hydroxylation is 1. The number of halogens is 1. The molecule has 4 rings (SSSR count). The van der Waals surface area contributed by atoms with Crippen LogP contribution in [0.1, 0.15) is 21.5 Å². The Kier molecular flexibility index (Phi) is 7.14. The number of hydrogen-bond acceptors (Lipinski definition) is 7. The summed E-state index contributed by atoms with van der Waals surface area (Å²) in [5.74, 6) is -0.0870. The number of ketones is 1. The number of carbonyl (C=O) groups is 1. The normalized spacial score (nSPS) is 12.7. The lowest BCUT2D eigenvalue weighted by molar-refractivity contribution is 0.0426. The highest BCUT2D eigenvalue weighted by Crippen LogP contribution is 2.38. The fraction of sp³-hybridized carbons (Fsp3) is 0.222. The van der Waals surface area contributed by atoms with Crippen molar-refractivity contribution in [3.63, 3.8) is 0 Å². The molecule has 0 bridgehead atoms. The Morgan fingerprint density at radius 2 is 1.83 bits per heavy atom. The number of benzene rings is 3. The standard InChI is InChI=1S/C27H27FN2O6/c1-16-4-7-23(25(10-16)35-3)27(33,26(32)22-15-29-24-11-17(28)5-6-21(22)24)30-18-12-19(34-2)14-20(13-18)36-9-8-31/h4-7,10-15,29-31,33H,8-9H2,1-3H3. The average molecular weight is 495 g/mol. The first kappa shape index (κ1) is 25.0. The van der Waals surface area contributed by atoms with Gasteiger partial charge < -0.3 is 34.7 Å². The molecular formula is C27H27FN2O6. The first-order valence-corrected chi connectivity index (χ1v) is 11.2. The van der Waals surface area contributed by atoms with E-state index in [9.17, 15) is 14.3 Å². The topological polar surface area (TPSA) is 113 Å². The Bertz CT molecular complexity index is 1400. The van der Waals surface area contributed by atoms with Crippen LogP contribution < -0.4 is 19.5 Å². The van der Waals surface area contributed by atoms with Crippen molar-refractivity contribution in [2.45, 2.75) is 12.6 Å². The summed E-state index contributed by atoms with van der Waals surface area (Å²) < 4.78 is 30.1. The second kappa shape index (κ2) is 10.3. The average Bonchev–Trinajstić information content (AvgIpc) is 3.29. The molecule has 0 fully saturated rings. The molecule has 1 aromatic heterocycles. The summed E-state index contributed by atoms with van der Waals surface area (Å²) in [7, 11) is 2.92. The minimum Gasteiger partial charge on any atom is -0.497 e. The predicted molar refractivity (Wildman–Crippen MR) is 133 cm³/mol. The molecule has 3 aromatic carbocycles. The minimum atomic E-state index is -2.30. The number of anilines is 1. The third-order valence-electron chi connectivity index (χ3n) is 5.76. The molecule has 1 heterocycles. The number of aromatic amines is 1. The summed E-state index contributed by atoms with van der Waals surface area (Å²) in [4.78, 5) is 16.9. The molecule has 0 saturated carbocycles. The molecule has 0 saturated heterocycles. The lowest BCUT2D eigenvalue weighted by atomic mass is 9.91. The van der Waals surface area contributed by atoms with E-state index in [2.05, 4.69) is 10.3 Å². The molecule has 188 valence electrons. The van der Waals surface area contributed by atoms with Crippen LogP contribution >= 0.6 is 0 Å². The summed E-state index contributed by atoms with van der Waals surface area (Å²) in [6.07, 6.45) is 1.43. The molecule has 9 heteroatoms. The lowest BCUT2D eigenvalue weighted by Gasteiger charge is -2.31. The van der Waals surface area contributed by atoms with Crippen LogP contribution in [0.3, 0.4) is 0 Å². The van der Waals surface area contributed by atoms with Crippen molar-refractivity contribution < 1.29 is 33.6 Å². The molecule has 0 radical (unpaired) electrons. The highest BCUT2D eigenvalue weighted by Gasteiger charge is 2.42. The van der Waals surface area contributed by atoms with Gasteiger partial charge in [0.1, 0.15) is 29.7 Å². The van der Waals surface area contributed by atoms with Crippen LogP contribution in [0.15, 0.2) is 60.8 Å². The maximum Gasteiger partial charge on any atom is 0.231 e. The van der Waals surface area contributed by atoms with Gasteiger partial charge in [-0.2, -0.15) is 0 Å². The Hall–Kier alpha value is -4.08. The number of ether oxygens (including phenoxy) is 3. The highest BCUT2D eigenvalue weighted by atomic mass is 19.1. The number of aromatic nitrogens is 1. The van der Waals surface area contributed by atoms with Gasteiger partial charge in [0.05, 0.1) is 26.4 Å². The fourth-order valence-electron chi connectivity index (χ4n) is 4.04. The molecule has 0 amide bonds. The third kappa shape index (κ3) is 4.84. The second-order valence-corrected chi connectivity index (χ2v) is 8.23. The Balaban J connectivity index is 1.87. The number of Topliss-reactive ketones (excluding diaryl/α,β-unsaturated/α-hetero) is 1. The maximum atomic E-state index is 14.0. The zero-order valence-corrected chi connectivity index (χ0v) is 20.1. The van der Waals surface area contributed by atoms with E-state index in [-0.39, 0.29) is 24.3 Å². The van der Waals surface area contributed by atoms with Crippen molar-refractivity contribution in [1.82, 2.24) is 4.98 Å². The van der Waals surface area contributed by atoms with Crippen molar-refractivity contribution in [2.75, 3.05) is 32.8 Å². The molecule has 36 heavy (non-hydrogen) atoms. The van der Waals surface area contributed by atoms with Crippen LogP contribution in [-0.4, -0.2) is 48.4 Å². The number of aliphatic hydroxyl groups excluding tert-OH is 1. The van der Waals surface area contributed by atoms with Gasteiger partial charge in [0.2, 0.25) is 11.5 Å². The Labute approximate surface area is 207 Å². The number of aliphatic hydroxyl groups is 2. The van der Waals surface area contributed by atoms with Crippen molar-refractivity contribution in [2.24, 2.45) is 0 Å². The number of H-pyrrole nitrogens is 1. The van der Waals surface area contributed by atoms with Crippen LogP contribution in [0.5, 0.6) is 17.2 Å². The lowest BCUT2D eigenvalue weighted by Crippen LogP contribution is -2.43. The summed E-state index contributed by atoms with van der Waals surface area (Å²) in [5, 5.41) is 24.6. The zero-order chi connectivity index (χ0) is 25.9. The van der Waals surface area contributed by atoms with Gasteiger partial charge >= 0.3 is 0 Å². The van der Waals surface area contributed by atoms with Crippen LogP contribution in [0.25, 0.3) is 10.9 Å². The number of nitrogens with one attached hydrogen (secondary N) is 2. The molecule has 0 spiro atoms. The molecular weight excluding hydrogens is 467 g/mol. The van der Waals surface area contributed by atoms with Crippen LogP contribution in [0, 0.1) is 12.7 Å². The van der Waals surface area contributed by atoms with Gasteiger partial charge in [-0.25, -0.2) is 4.39 Å². The number of carbonyl (C=O) groups excluding carboxylic acids is 1. The van der Waals surface area contributed by atoms with Crippen molar-refractivity contribution >= 4 is 22.4 Å². The van der Waals surface area contributed by atoms with Gasteiger partial charge in [-0.05, 0) is 42.8 Å². The van der Waals surface area contributed by atoms with E-state index < -0.39 is 17.3 Å². The summed E-state index contributed by atoms with van der Waals surface area (Å²) >= 11 is 0. The van der Waals surface area contributed by atoms with Crippen molar-refractivity contribution in [1.29, 1.82) is 0 Å².